The van der Waals surface area contributed by atoms with Crippen LogP contribution in [0.2, 0.25) is 0 Å². The highest BCUT2D eigenvalue weighted by Crippen LogP contribution is 2.51. The molecule has 0 radical (unpaired) electrons. The van der Waals surface area contributed by atoms with Crippen LogP contribution in [-0.4, -0.2) is 0 Å². The molecule has 26 aromatic rings. The predicted molar refractivity (Wildman–Crippen MR) is 506 cm³/mol. The molecule has 119 heavy (non-hydrogen) atoms. The second-order valence-electron chi connectivity index (χ2n) is 31.4. The van der Waals surface area contributed by atoms with Crippen molar-refractivity contribution in [3.8, 4) is 66.8 Å². The van der Waals surface area contributed by atoms with E-state index in [-0.39, 0.29) is 0 Å². The van der Waals surface area contributed by atoms with Gasteiger partial charge in [-0.25, -0.2) is 0 Å². The fraction of sp³-hybridized carbons (Fsp3) is 0. The highest BCUT2D eigenvalue weighted by molar-refractivity contribution is 6.28. The van der Waals surface area contributed by atoms with Crippen LogP contribution < -0.4 is 0 Å². The van der Waals surface area contributed by atoms with Gasteiger partial charge in [0.25, 0.3) is 0 Å². The average Bonchev–Trinajstić information content (AvgIpc) is 1.44. The Balaban J connectivity index is 0.000000102. The van der Waals surface area contributed by atoms with Crippen molar-refractivity contribution in [1.29, 1.82) is 0 Å². The number of rotatable bonds is 6. The van der Waals surface area contributed by atoms with Gasteiger partial charge in [0.2, 0.25) is 0 Å². The molecule has 0 spiro atoms. The van der Waals surface area contributed by atoms with E-state index in [1.54, 1.807) is 0 Å². The van der Waals surface area contributed by atoms with E-state index in [4.69, 9.17) is 13.3 Å². The Hall–Kier alpha value is -15.7. The summed E-state index contributed by atoms with van der Waals surface area (Å²) in [4.78, 5) is 0. The number of hydrogen-bond acceptors (Lipinski definition) is 3. The van der Waals surface area contributed by atoms with Crippen LogP contribution in [-0.2, 0) is 0 Å². The number of furan rings is 3. The minimum atomic E-state index is 0.918. The van der Waals surface area contributed by atoms with Gasteiger partial charge in [-0.15, -0.1) is 0 Å². The number of fused-ring (bicyclic) bond motifs is 23. The summed E-state index contributed by atoms with van der Waals surface area (Å²) >= 11 is 0. The molecule has 0 aliphatic heterocycles. The smallest absolute Gasteiger partial charge is 0.143 e. The molecule has 3 heterocycles. The van der Waals surface area contributed by atoms with Crippen LogP contribution in [0.5, 0.6) is 0 Å². The highest BCUT2D eigenvalue weighted by Gasteiger charge is 2.24. The fourth-order valence-electron chi connectivity index (χ4n) is 19.6. The zero-order valence-electron chi connectivity index (χ0n) is 64.6. The minimum Gasteiger partial charge on any atom is -0.455 e. The van der Waals surface area contributed by atoms with Gasteiger partial charge in [-0.1, -0.05) is 364 Å². The van der Waals surface area contributed by atoms with Gasteiger partial charge in [0, 0.05) is 48.5 Å². The van der Waals surface area contributed by atoms with E-state index >= 15 is 0 Å². The Kier molecular flexibility index (Phi) is 15.7. The molecular formula is C116H70O3. The third-order valence-electron chi connectivity index (χ3n) is 24.9. The number of hydrogen-bond donors (Lipinski definition) is 0. The third-order valence-corrected chi connectivity index (χ3v) is 24.9. The Morgan fingerprint density at radius 1 is 0.118 bits per heavy atom. The minimum absolute atomic E-state index is 0.918. The summed E-state index contributed by atoms with van der Waals surface area (Å²) in [5.74, 6) is 0. The molecule has 23 aromatic carbocycles. The first-order valence-electron chi connectivity index (χ1n) is 40.9. The van der Waals surface area contributed by atoms with Crippen LogP contribution >= 0.6 is 0 Å². The Morgan fingerprint density at radius 3 is 0.714 bits per heavy atom. The number of benzene rings is 23. The molecule has 0 saturated carbocycles. The van der Waals surface area contributed by atoms with Gasteiger partial charge in [0.05, 0.1) is 0 Å². The molecule has 0 N–H and O–H groups in total. The Labute approximate surface area is 684 Å². The lowest BCUT2D eigenvalue weighted by molar-refractivity contribution is 0.672. The van der Waals surface area contributed by atoms with Gasteiger partial charge in [-0.2, -0.15) is 0 Å². The summed E-state index contributed by atoms with van der Waals surface area (Å²) in [5.41, 5.74) is 20.6. The molecule has 0 atom stereocenters. The molecule has 0 amide bonds. The van der Waals surface area contributed by atoms with Crippen LogP contribution in [0.25, 0.3) is 251 Å². The van der Waals surface area contributed by atoms with Crippen molar-refractivity contribution in [1.82, 2.24) is 0 Å². The molecule has 0 aliphatic rings. The molecule has 0 unspecified atom stereocenters. The monoisotopic (exact) mass is 1510 g/mol. The largest absolute Gasteiger partial charge is 0.455 e. The summed E-state index contributed by atoms with van der Waals surface area (Å²) in [6.07, 6.45) is 0. The van der Waals surface area contributed by atoms with E-state index in [0.29, 0.717) is 0 Å². The van der Waals surface area contributed by atoms with Crippen LogP contribution in [0.1, 0.15) is 0 Å². The fourth-order valence-corrected chi connectivity index (χ4v) is 19.6. The van der Waals surface area contributed by atoms with Crippen molar-refractivity contribution in [2.75, 3.05) is 0 Å². The zero-order valence-corrected chi connectivity index (χ0v) is 64.6. The van der Waals surface area contributed by atoms with E-state index in [1.807, 2.05) is 0 Å². The topological polar surface area (TPSA) is 39.4 Å². The van der Waals surface area contributed by atoms with Crippen molar-refractivity contribution < 1.29 is 13.3 Å². The molecule has 3 heteroatoms. The molecule has 0 fully saturated rings. The van der Waals surface area contributed by atoms with Crippen molar-refractivity contribution >= 4 is 184 Å². The summed E-state index contributed by atoms with van der Waals surface area (Å²) in [5, 5.41) is 34.1. The maximum atomic E-state index is 6.45. The van der Waals surface area contributed by atoms with E-state index in [2.05, 4.69) is 425 Å². The highest BCUT2D eigenvalue weighted by atomic mass is 16.3. The van der Waals surface area contributed by atoms with Crippen molar-refractivity contribution in [2.24, 2.45) is 0 Å². The van der Waals surface area contributed by atoms with Crippen LogP contribution in [0.4, 0.5) is 0 Å². The first kappa shape index (κ1) is 67.8. The summed E-state index contributed by atoms with van der Waals surface area (Å²) in [6, 6.07) is 153. The first-order chi connectivity index (χ1) is 59.0. The lowest BCUT2D eigenvalue weighted by atomic mass is 9.84. The van der Waals surface area contributed by atoms with Crippen LogP contribution in [0.3, 0.4) is 0 Å². The zero-order chi connectivity index (χ0) is 78.2. The molecule has 3 aromatic heterocycles. The maximum absolute atomic E-state index is 6.45. The summed E-state index contributed by atoms with van der Waals surface area (Å²) in [7, 11) is 0. The lowest BCUT2D eigenvalue weighted by Gasteiger charge is -2.18. The van der Waals surface area contributed by atoms with Crippen LogP contribution in [0.15, 0.2) is 438 Å². The summed E-state index contributed by atoms with van der Waals surface area (Å²) < 4.78 is 19.3. The predicted octanol–water partition coefficient (Wildman–Crippen LogP) is 33.4. The molecule has 552 valence electrons. The Morgan fingerprint density at radius 2 is 0.361 bits per heavy atom. The SMILES string of the molecule is c1ccc(-c2c3ccccc3c(-c3ccc4oc5c6ccccc6ccc5c4c3)c3ccccc23)cc1.c1ccc2c(-c3c4ccccc4c(-c4ccc5oc6c7ccccc7ccc6c5c4)c4ccccc34)cccc2c1.c1ccc2cc(-c3c4ccccc4c(-c4ccc5oc6c7ccccc7ccc6c5c4)c4ccccc34)ccc2c1. The van der Waals surface area contributed by atoms with Crippen molar-refractivity contribution in [3.63, 3.8) is 0 Å². The first-order valence-corrected chi connectivity index (χ1v) is 40.9. The quantitative estimate of drug-likeness (QED) is 0.156. The van der Waals surface area contributed by atoms with Crippen LogP contribution in [0, 0.1) is 0 Å². The second-order valence-corrected chi connectivity index (χ2v) is 31.4. The van der Waals surface area contributed by atoms with Gasteiger partial charge in [0.15, 0.2) is 0 Å². The van der Waals surface area contributed by atoms with Gasteiger partial charge in [0.1, 0.15) is 33.5 Å². The second kappa shape index (κ2) is 27.5. The normalized spacial score (nSPS) is 11.9. The molecule has 0 aliphatic carbocycles. The van der Waals surface area contributed by atoms with Gasteiger partial charge in [-0.3, -0.25) is 0 Å². The van der Waals surface area contributed by atoms with E-state index in [0.717, 1.165) is 82.0 Å². The lowest BCUT2D eigenvalue weighted by Crippen LogP contribution is -1.91. The molecular weight excluding hydrogens is 1440 g/mol. The molecule has 3 nitrogen and oxygen atoms in total. The third kappa shape index (κ3) is 11.0. The van der Waals surface area contributed by atoms with E-state index < -0.39 is 0 Å². The van der Waals surface area contributed by atoms with Crippen molar-refractivity contribution in [3.05, 3.63) is 425 Å². The van der Waals surface area contributed by atoms with E-state index in [1.165, 1.54) is 169 Å². The van der Waals surface area contributed by atoms with Gasteiger partial charge in [-0.05, 0) is 230 Å². The van der Waals surface area contributed by atoms with Gasteiger partial charge >= 0.3 is 0 Å². The molecule has 0 saturated heterocycles. The molecule has 0 bridgehead atoms. The van der Waals surface area contributed by atoms with Crippen molar-refractivity contribution in [2.45, 2.75) is 0 Å². The standard InChI is InChI=1S/2C40H24O.C36H22O/c1-3-13-28-25(10-1)12-9-19-30(28)39-33-17-7-5-15-31(33)38(32-16-6-8-18-34(32)39)27-21-23-37-36(24-27)35-22-20-26-11-2-4-14-29(26)40(35)41-37;1-2-11-27-23-28(18-17-25(27)9-1)38-31-13-5-7-15-33(31)39(34-16-8-6-14-32(34)38)29-20-22-37-36(24-29)35-21-19-26-10-3-4-12-30(26)40(35)41-37;1-2-11-24(12-3-1)34-27-14-6-8-16-29(27)35(30-17-9-7-15-28(30)34)25-19-21-33-32(22-25)31-20-18-23-10-4-5-13-26(23)36(31)37-33/h2*1-24H;1-22H. The van der Waals surface area contributed by atoms with Gasteiger partial charge < -0.3 is 13.3 Å². The Bertz CT molecular complexity index is 8510. The average molecular weight is 1510 g/mol. The molecule has 26 rings (SSSR count). The summed E-state index contributed by atoms with van der Waals surface area (Å²) in [6.45, 7) is 0. The van der Waals surface area contributed by atoms with E-state index in [9.17, 15) is 0 Å². The maximum Gasteiger partial charge on any atom is 0.143 e.